The van der Waals surface area contributed by atoms with Crippen LogP contribution >= 0.6 is 12.2 Å². The SMILES string of the molecule is CC(C)(CNC(=O)CCC1CCCO1)C(N)=S. The summed E-state index contributed by atoms with van der Waals surface area (Å²) in [5, 5.41) is 2.87. The number of carbonyl (C=O) groups is 1. The van der Waals surface area contributed by atoms with Gasteiger partial charge in [0, 0.05) is 25.0 Å². The van der Waals surface area contributed by atoms with Gasteiger partial charge in [-0.3, -0.25) is 4.79 Å². The van der Waals surface area contributed by atoms with Crippen molar-refractivity contribution in [3.8, 4) is 0 Å². The van der Waals surface area contributed by atoms with Crippen LogP contribution in [0.5, 0.6) is 0 Å². The van der Waals surface area contributed by atoms with Gasteiger partial charge in [-0.1, -0.05) is 26.1 Å². The van der Waals surface area contributed by atoms with E-state index < -0.39 is 0 Å². The molecule has 1 heterocycles. The van der Waals surface area contributed by atoms with Crippen molar-refractivity contribution in [2.75, 3.05) is 13.2 Å². The molecule has 1 amide bonds. The van der Waals surface area contributed by atoms with Crippen LogP contribution in [-0.4, -0.2) is 30.2 Å². The molecule has 0 aromatic heterocycles. The van der Waals surface area contributed by atoms with Gasteiger partial charge >= 0.3 is 0 Å². The van der Waals surface area contributed by atoms with Crippen molar-refractivity contribution < 1.29 is 9.53 Å². The zero-order chi connectivity index (χ0) is 12.9. The molecule has 1 aliphatic rings. The molecule has 0 saturated carbocycles. The van der Waals surface area contributed by atoms with Crippen LogP contribution < -0.4 is 11.1 Å². The highest BCUT2D eigenvalue weighted by Gasteiger charge is 2.22. The predicted octanol–water partition coefficient (Wildman–Crippen LogP) is 1.37. The molecule has 0 aliphatic carbocycles. The number of hydrogen-bond donors (Lipinski definition) is 2. The van der Waals surface area contributed by atoms with E-state index in [0.717, 1.165) is 25.9 Å². The number of rotatable bonds is 6. The molecule has 0 bridgehead atoms. The van der Waals surface area contributed by atoms with E-state index in [2.05, 4.69) is 5.32 Å². The zero-order valence-corrected chi connectivity index (χ0v) is 11.4. The number of hydrogen-bond acceptors (Lipinski definition) is 3. The fraction of sp³-hybridized carbons (Fsp3) is 0.833. The first-order valence-corrected chi connectivity index (χ1v) is 6.51. The highest BCUT2D eigenvalue weighted by molar-refractivity contribution is 7.80. The molecule has 3 N–H and O–H groups in total. The second-order valence-corrected chi connectivity index (χ2v) is 5.64. The van der Waals surface area contributed by atoms with Gasteiger partial charge in [0.25, 0.3) is 0 Å². The Morgan fingerprint density at radius 2 is 2.29 bits per heavy atom. The Balaban J connectivity index is 2.18. The van der Waals surface area contributed by atoms with E-state index in [0.29, 0.717) is 18.0 Å². The number of amides is 1. The Bertz CT molecular complexity index is 286. The Morgan fingerprint density at radius 3 is 2.82 bits per heavy atom. The summed E-state index contributed by atoms with van der Waals surface area (Å²) in [6.45, 7) is 5.18. The highest BCUT2D eigenvalue weighted by Crippen LogP contribution is 2.17. The van der Waals surface area contributed by atoms with Crippen molar-refractivity contribution in [1.29, 1.82) is 0 Å². The van der Waals surface area contributed by atoms with E-state index in [1.165, 1.54) is 0 Å². The van der Waals surface area contributed by atoms with Gasteiger partial charge in [-0.15, -0.1) is 0 Å². The molecule has 1 rings (SSSR count). The normalized spacial score (nSPS) is 20.2. The molecular weight excluding hydrogens is 236 g/mol. The Hall–Kier alpha value is -0.680. The number of nitrogens with one attached hydrogen (secondary N) is 1. The molecule has 0 spiro atoms. The summed E-state index contributed by atoms with van der Waals surface area (Å²) >= 11 is 4.94. The van der Waals surface area contributed by atoms with E-state index in [1.54, 1.807) is 0 Å². The summed E-state index contributed by atoms with van der Waals surface area (Å²) in [7, 11) is 0. The fourth-order valence-corrected chi connectivity index (χ4v) is 1.73. The summed E-state index contributed by atoms with van der Waals surface area (Å²) in [6, 6.07) is 0. The third-order valence-electron chi connectivity index (χ3n) is 3.11. The van der Waals surface area contributed by atoms with Crippen LogP contribution in [0, 0.1) is 5.41 Å². The standard InChI is InChI=1S/C12H22N2O2S/c1-12(2,11(13)17)8-14-10(15)6-5-9-4-3-7-16-9/h9H,3-8H2,1-2H3,(H2,13,17)(H,14,15). The van der Waals surface area contributed by atoms with Gasteiger partial charge < -0.3 is 15.8 Å². The molecule has 17 heavy (non-hydrogen) atoms. The smallest absolute Gasteiger partial charge is 0.220 e. The van der Waals surface area contributed by atoms with E-state index in [1.807, 2.05) is 13.8 Å². The van der Waals surface area contributed by atoms with E-state index >= 15 is 0 Å². The molecule has 5 heteroatoms. The van der Waals surface area contributed by atoms with Gasteiger partial charge in [-0.2, -0.15) is 0 Å². The molecule has 0 aromatic rings. The van der Waals surface area contributed by atoms with E-state index in [9.17, 15) is 4.79 Å². The first kappa shape index (κ1) is 14.4. The van der Waals surface area contributed by atoms with Crippen LogP contribution in [0.15, 0.2) is 0 Å². The van der Waals surface area contributed by atoms with Crippen molar-refractivity contribution in [1.82, 2.24) is 5.32 Å². The lowest BCUT2D eigenvalue weighted by atomic mass is 9.93. The van der Waals surface area contributed by atoms with Crippen molar-refractivity contribution >= 4 is 23.1 Å². The number of thiocarbonyl (C=S) groups is 1. The van der Waals surface area contributed by atoms with Gasteiger partial charge in [0.1, 0.15) is 0 Å². The second-order valence-electron chi connectivity index (χ2n) is 5.20. The third kappa shape index (κ3) is 5.00. The maximum Gasteiger partial charge on any atom is 0.220 e. The van der Waals surface area contributed by atoms with Gasteiger partial charge in [-0.05, 0) is 19.3 Å². The van der Waals surface area contributed by atoms with E-state index in [4.69, 9.17) is 22.7 Å². The predicted molar refractivity (Wildman–Crippen MR) is 71.8 cm³/mol. The van der Waals surface area contributed by atoms with Gasteiger partial charge in [-0.25, -0.2) is 0 Å². The minimum Gasteiger partial charge on any atom is -0.393 e. The van der Waals surface area contributed by atoms with Crippen LogP contribution in [0.1, 0.15) is 39.5 Å². The number of ether oxygens (including phenoxy) is 1. The maximum atomic E-state index is 11.6. The average molecular weight is 258 g/mol. The minimum atomic E-state index is -0.325. The van der Waals surface area contributed by atoms with Crippen molar-refractivity contribution in [3.63, 3.8) is 0 Å². The van der Waals surface area contributed by atoms with Gasteiger partial charge in [0.05, 0.1) is 11.1 Å². The average Bonchev–Trinajstić information content (AvgIpc) is 2.76. The molecule has 4 nitrogen and oxygen atoms in total. The first-order chi connectivity index (χ1) is 7.92. The van der Waals surface area contributed by atoms with Crippen molar-refractivity contribution in [2.24, 2.45) is 11.1 Å². The summed E-state index contributed by atoms with van der Waals surface area (Å²) in [5.74, 6) is 0.0461. The lowest BCUT2D eigenvalue weighted by molar-refractivity contribution is -0.121. The van der Waals surface area contributed by atoms with Crippen LogP contribution in [0.25, 0.3) is 0 Å². The summed E-state index contributed by atoms with van der Waals surface area (Å²) in [4.78, 5) is 12.0. The molecular formula is C12H22N2O2S. The molecule has 0 aromatic carbocycles. The molecule has 0 radical (unpaired) electrons. The number of carbonyl (C=O) groups excluding carboxylic acids is 1. The number of nitrogens with two attached hydrogens (primary N) is 1. The Labute approximate surface area is 108 Å². The largest absolute Gasteiger partial charge is 0.393 e. The lowest BCUT2D eigenvalue weighted by Crippen LogP contribution is -2.41. The summed E-state index contributed by atoms with van der Waals surface area (Å²) < 4.78 is 5.47. The fourth-order valence-electron chi connectivity index (χ4n) is 1.66. The van der Waals surface area contributed by atoms with E-state index in [-0.39, 0.29) is 17.4 Å². The molecule has 1 atom stereocenters. The summed E-state index contributed by atoms with van der Waals surface area (Å²) in [6.07, 6.45) is 3.77. The quantitative estimate of drug-likeness (QED) is 0.706. The van der Waals surface area contributed by atoms with Crippen LogP contribution in [0.4, 0.5) is 0 Å². The second kappa shape index (κ2) is 6.31. The first-order valence-electron chi connectivity index (χ1n) is 6.10. The molecule has 1 aliphatic heterocycles. The van der Waals surface area contributed by atoms with Crippen LogP contribution in [0.2, 0.25) is 0 Å². The topological polar surface area (TPSA) is 64.3 Å². The molecule has 1 fully saturated rings. The Morgan fingerprint density at radius 1 is 1.59 bits per heavy atom. The monoisotopic (exact) mass is 258 g/mol. The van der Waals surface area contributed by atoms with Gasteiger partial charge in [0.2, 0.25) is 5.91 Å². The van der Waals surface area contributed by atoms with Gasteiger partial charge in [0.15, 0.2) is 0 Å². The highest BCUT2D eigenvalue weighted by atomic mass is 32.1. The minimum absolute atomic E-state index is 0.0461. The zero-order valence-electron chi connectivity index (χ0n) is 10.6. The summed E-state index contributed by atoms with van der Waals surface area (Å²) in [5.41, 5.74) is 5.27. The van der Waals surface area contributed by atoms with Crippen LogP contribution in [0.3, 0.4) is 0 Å². The third-order valence-corrected chi connectivity index (χ3v) is 3.66. The Kier molecular flexibility index (Phi) is 5.33. The van der Waals surface area contributed by atoms with Crippen molar-refractivity contribution in [2.45, 2.75) is 45.6 Å². The molecule has 1 unspecified atom stereocenters. The lowest BCUT2D eigenvalue weighted by Gasteiger charge is -2.23. The molecule has 98 valence electrons. The molecule has 1 saturated heterocycles. The maximum absolute atomic E-state index is 11.6. The van der Waals surface area contributed by atoms with Crippen LogP contribution in [-0.2, 0) is 9.53 Å². The van der Waals surface area contributed by atoms with Crippen molar-refractivity contribution in [3.05, 3.63) is 0 Å².